The van der Waals surface area contributed by atoms with E-state index in [1.807, 2.05) is 6.92 Å². The van der Waals surface area contributed by atoms with Gasteiger partial charge in [0, 0.05) is 23.3 Å². The number of hydrogen-bond acceptors (Lipinski definition) is 6. The van der Waals surface area contributed by atoms with Gasteiger partial charge in [-0.25, -0.2) is 0 Å². The lowest BCUT2D eigenvalue weighted by Gasteiger charge is -2.11. The Bertz CT molecular complexity index is 1000. The predicted octanol–water partition coefficient (Wildman–Crippen LogP) is 3.54. The van der Waals surface area contributed by atoms with Gasteiger partial charge in [0.25, 0.3) is 0 Å². The second-order valence-electron chi connectivity index (χ2n) is 5.71. The van der Waals surface area contributed by atoms with Crippen LogP contribution >= 0.6 is 0 Å². The molecular formula is C19H18O6. The number of phenolic OH excluding ortho intramolecular Hbond substituents is 3. The highest BCUT2D eigenvalue weighted by Gasteiger charge is 2.18. The zero-order valence-electron chi connectivity index (χ0n) is 13.9. The van der Waals surface area contributed by atoms with Crippen LogP contribution in [0.5, 0.6) is 23.0 Å². The Morgan fingerprint density at radius 3 is 2.48 bits per heavy atom. The molecule has 0 atom stereocenters. The summed E-state index contributed by atoms with van der Waals surface area (Å²) < 4.78 is 10.9. The maximum Gasteiger partial charge on any atom is 0.197 e. The van der Waals surface area contributed by atoms with Gasteiger partial charge in [0.1, 0.15) is 28.2 Å². The van der Waals surface area contributed by atoms with E-state index in [1.54, 1.807) is 12.1 Å². The molecule has 0 aliphatic carbocycles. The first-order chi connectivity index (χ1) is 12.0. The van der Waals surface area contributed by atoms with Gasteiger partial charge in [-0.05, 0) is 24.6 Å². The molecule has 6 nitrogen and oxygen atoms in total. The van der Waals surface area contributed by atoms with E-state index in [-0.39, 0.29) is 39.7 Å². The summed E-state index contributed by atoms with van der Waals surface area (Å²) in [6.45, 7) is 1.94. The normalized spacial score (nSPS) is 11.0. The van der Waals surface area contributed by atoms with E-state index in [0.29, 0.717) is 17.5 Å². The fourth-order valence-electron chi connectivity index (χ4n) is 2.82. The number of methoxy groups -OCH3 is 1. The Hall–Kier alpha value is -3.15. The first kappa shape index (κ1) is 16.7. The van der Waals surface area contributed by atoms with Crippen LogP contribution in [0.1, 0.15) is 18.9 Å². The van der Waals surface area contributed by atoms with Crippen molar-refractivity contribution in [1.29, 1.82) is 0 Å². The molecule has 0 radical (unpaired) electrons. The van der Waals surface area contributed by atoms with Gasteiger partial charge in [-0.3, -0.25) is 4.79 Å². The predicted molar refractivity (Wildman–Crippen MR) is 93.5 cm³/mol. The van der Waals surface area contributed by atoms with Gasteiger partial charge in [0.05, 0.1) is 7.11 Å². The summed E-state index contributed by atoms with van der Waals surface area (Å²) in [6, 6.07) is 6.99. The molecule has 0 unspecified atom stereocenters. The van der Waals surface area contributed by atoms with Crippen molar-refractivity contribution < 1.29 is 24.5 Å². The molecule has 6 heteroatoms. The number of fused-ring (bicyclic) bond motifs is 1. The van der Waals surface area contributed by atoms with Crippen molar-refractivity contribution in [2.24, 2.45) is 0 Å². The Morgan fingerprint density at radius 1 is 1.04 bits per heavy atom. The minimum absolute atomic E-state index is 0.0312. The zero-order chi connectivity index (χ0) is 18.1. The number of phenols is 3. The Balaban J connectivity index is 2.32. The first-order valence-corrected chi connectivity index (χ1v) is 7.85. The van der Waals surface area contributed by atoms with Gasteiger partial charge in [-0.15, -0.1) is 0 Å². The zero-order valence-corrected chi connectivity index (χ0v) is 13.9. The maximum absolute atomic E-state index is 12.5. The summed E-state index contributed by atoms with van der Waals surface area (Å²) in [6.07, 6.45) is 1.22. The van der Waals surface area contributed by atoms with Crippen molar-refractivity contribution in [2.75, 3.05) is 7.11 Å². The summed E-state index contributed by atoms with van der Waals surface area (Å²) in [4.78, 5) is 12.5. The number of aromatic hydroxyl groups is 3. The largest absolute Gasteiger partial charge is 0.507 e. The third-order valence-electron chi connectivity index (χ3n) is 4.02. The molecule has 0 aliphatic rings. The molecule has 0 spiro atoms. The van der Waals surface area contributed by atoms with Crippen LogP contribution in [0.4, 0.5) is 0 Å². The minimum atomic E-state index is -0.418. The molecule has 1 heterocycles. The third-order valence-corrected chi connectivity index (χ3v) is 4.02. The van der Waals surface area contributed by atoms with Crippen LogP contribution in [0, 0.1) is 0 Å². The summed E-state index contributed by atoms with van der Waals surface area (Å²) in [5.74, 6) is 0.0219. The van der Waals surface area contributed by atoms with E-state index in [9.17, 15) is 20.1 Å². The van der Waals surface area contributed by atoms with E-state index in [1.165, 1.54) is 19.2 Å². The number of rotatable bonds is 4. The Labute approximate surface area is 143 Å². The molecule has 0 saturated heterocycles. The van der Waals surface area contributed by atoms with Gasteiger partial charge in [0.15, 0.2) is 16.9 Å². The fourth-order valence-corrected chi connectivity index (χ4v) is 2.82. The van der Waals surface area contributed by atoms with Gasteiger partial charge in [0.2, 0.25) is 0 Å². The monoisotopic (exact) mass is 342 g/mol. The fraction of sp³-hybridized carbons (Fsp3) is 0.211. The topological polar surface area (TPSA) is 100 Å². The van der Waals surface area contributed by atoms with Crippen LogP contribution in [-0.2, 0) is 6.42 Å². The van der Waals surface area contributed by atoms with Crippen LogP contribution < -0.4 is 10.2 Å². The van der Waals surface area contributed by atoms with Crippen LogP contribution in [0.15, 0.2) is 39.5 Å². The van der Waals surface area contributed by atoms with Gasteiger partial charge < -0.3 is 24.5 Å². The number of aryl methyl sites for hydroxylation is 1. The van der Waals surface area contributed by atoms with Gasteiger partial charge >= 0.3 is 0 Å². The Kier molecular flexibility index (Phi) is 4.27. The van der Waals surface area contributed by atoms with Crippen molar-refractivity contribution in [1.82, 2.24) is 0 Å². The summed E-state index contributed by atoms with van der Waals surface area (Å²) in [5.41, 5.74) is 0.742. The van der Waals surface area contributed by atoms with Crippen molar-refractivity contribution in [3.63, 3.8) is 0 Å². The quantitative estimate of drug-likeness (QED) is 0.670. The van der Waals surface area contributed by atoms with Gasteiger partial charge in [-0.2, -0.15) is 0 Å². The molecule has 0 fully saturated rings. The molecule has 25 heavy (non-hydrogen) atoms. The van der Waals surface area contributed by atoms with Crippen molar-refractivity contribution >= 4 is 11.0 Å². The molecule has 3 aromatic rings. The van der Waals surface area contributed by atoms with E-state index in [4.69, 9.17) is 9.15 Å². The summed E-state index contributed by atoms with van der Waals surface area (Å²) in [5, 5.41) is 29.9. The smallest absolute Gasteiger partial charge is 0.197 e. The first-order valence-electron chi connectivity index (χ1n) is 7.85. The average Bonchev–Trinajstić information content (AvgIpc) is 2.58. The highest BCUT2D eigenvalue weighted by Crippen LogP contribution is 2.37. The molecule has 2 aromatic carbocycles. The Morgan fingerprint density at radius 2 is 1.80 bits per heavy atom. The number of hydrogen-bond donors (Lipinski definition) is 3. The lowest BCUT2D eigenvalue weighted by molar-refractivity contribution is 0.373. The lowest BCUT2D eigenvalue weighted by atomic mass is 10.0. The van der Waals surface area contributed by atoms with Crippen LogP contribution in [-0.4, -0.2) is 22.4 Å². The van der Waals surface area contributed by atoms with Crippen molar-refractivity contribution in [3.8, 4) is 34.3 Å². The van der Waals surface area contributed by atoms with E-state index in [2.05, 4.69) is 0 Å². The standard InChI is InChI=1S/C19H18O6/c1-3-4-11-13(21)8-14(22)18-15(23)9-16(25-19(11)18)10-5-6-12(20)17(7-10)24-2/h5-9,20-22H,3-4H2,1-2H3. The summed E-state index contributed by atoms with van der Waals surface area (Å²) >= 11 is 0. The highest BCUT2D eigenvalue weighted by molar-refractivity contribution is 5.89. The second-order valence-corrected chi connectivity index (χ2v) is 5.71. The van der Waals surface area contributed by atoms with Crippen molar-refractivity contribution in [2.45, 2.75) is 19.8 Å². The molecule has 130 valence electrons. The summed E-state index contributed by atoms with van der Waals surface area (Å²) in [7, 11) is 1.42. The van der Waals surface area contributed by atoms with Crippen LogP contribution in [0.3, 0.4) is 0 Å². The minimum Gasteiger partial charge on any atom is -0.507 e. The van der Waals surface area contributed by atoms with Gasteiger partial charge in [-0.1, -0.05) is 13.3 Å². The number of ether oxygens (including phenoxy) is 1. The van der Waals surface area contributed by atoms with E-state index < -0.39 is 5.43 Å². The van der Waals surface area contributed by atoms with Crippen LogP contribution in [0.2, 0.25) is 0 Å². The lowest BCUT2D eigenvalue weighted by Crippen LogP contribution is -2.03. The SMILES string of the molecule is CCCc1c(O)cc(O)c2c(=O)cc(-c3ccc(O)c(OC)c3)oc12. The van der Waals surface area contributed by atoms with Crippen molar-refractivity contribution in [3.05, 3.63) is 46.1 Å². The second kappa shape index (κ2) is 6.39. The van der Waals surface area contributed by atoms with E-state index >= 15 is 0 Å². The molecule has 3 rings (SSSR count). The molecule has 0 amide bonds. The average molecular weight is 342 g/mol. The molecule has 0 bridgehead atoms. The molecule has 0 aliphatic heterocycles. The molecular weight excluding hydrogens is 324 g/mol. The molecule has 1 aromatic heterocycles. The maximum atomic E-state index is 12.5. The number of benzene rings is 2. The molecule has 3 N–H and O–H groups in total. The van der Waals surface area contributed by atoms with E-state index in [0.717, 1.165) is 12.5 Å². The highest BCUT2D eigenvalue weighted by atomic mass is 16.5. The molecule has 0 saturated carbocycles. The third kappa shape index (κ3) is 2.87. The van der Waals surface area contributed by atoms with Crippen LogP contribution in [0.25, 0.3) is 22.3 Å².